The SMILES string of the molecule is CC(C)c1ncc(C2(O)CCC(Nc3cc[nH]c3)CC2)s1. The molecule has 0 bridgehead atoms. The van der Waals surface area contributed by atoms with Gasteiger partial charge in [0.1, 0.15) is 5.60 Å². The molecule has 0 amide bonds. The minimum atomic E-state index is -0.679. The van der Waals surface area contributed by atoms with Crippen LogP contribution in [-0.4, -0.2) is 21.1 Å². The monoisotopic (exact) mass is 305 g/mol. The van der Waals surface area contributed by atoms with Crippen molar-refractivity contribution < 1.29 is 5.11 Å². The summed E-state index contributed by atoms with van der Waals surface area (Å²) in [7, 11) is 0. The Balaban J connectivity index is 1.63. The molecule has 4 nitrogen and oxygen atoms in total. The van der Waals surface area contributed by atoms with Gasteiger partial charge in [-0.15, -0.1) is 11.3 Å². The van der Waals surface area contributed by atoms with Gasteiger partial charge in [0, 0.05) is 30.6 Å². The van der Waals surface area contributed by atoms with Crippen LogP contribution in [0.5, 0.6) is 0 Å². The molecule has 1 saturated carbocycles. The van der Waals surface area contributed by atoms with Crippen LogP contribution in [0.15, 0.2) is 24.7 Å². The van der Waals surface area contributed by atoms with Crippen LogP contribution in [0.3, 0.4) is 0 Å². The maximum Gasteiger partial charge on any atom is 0.101 e. The zero-order valence-corrected chi connectivity index (χ0v) is 13.4. The van der Waals surface area contributed by atoms with E-state index >= 15 is 0 Å². The van der Waals surface area contributed by atoms with Crippen molar-refractivity contribution in [3.8, 4) is 0 Å². The van der Waals surface area contributed by atoms with Gasteiger partial charge in [-0.05, 0) is 31.7 Å². The molecule has 0 unspecified atom stereocenters. The van der Waals surface area contributed by atoms with Gasteiger partial charge in [0.15, 0.2) is 0 Å². The number of anilines is 1. The van der Waals surface area contributed by atoms with Gasteiger partial charge in [-0.1, -0.05) is 13.8 Å². The van der Waals surface area contributed by atoms with Crippen molar-refractivity contribution in [1.29, 1.82) is 0 Å². The van der Waals surface area contributed by atoms with Gasteiger partial charge in [-0.3, -0.25) is 0 Å². The molecule has 1 aliphatic carbocycles. The molecule has 0 aromatic carbocycles. The highest BCUT2D eigenvalue weighted by Gasteiger charge is 2.36. The minimum absolute atomic E-state index is 0.430. The van der Waals surface area contributed by atoms with Gasteiger partial charge in [0.05, 0.1) is 15.6 Å². The molecule has 1 aliphatic rings. The molecular formula is C16H23N3OS. The Morgan fingerprint density at radius 2 is 2.19 bits per heavy atom. The topological polar surface area (TPSA) is 60.9 Å². The molecule has 0 atom stereocenters. The molecule has 2 aromatic rings. The second kappa shape index (κ2) is 5.81. The average Bonchev–Trinajstić information content (AvgIpc) is 3.12. The smallest absolute Gasteiger partial charge is 0.101 e. The number of thiazole rings is 1. The molecule has 0 radical (unpaired) electrons. The summed E-state index contributed by atoms with van der Waals surface area (Å²) in [6.45, 7) is 4.29. The fourth-order valence-electron chi connectivity index (χ4n) is 2.91. The summed E-state index contributed by atoms with van der Waals surface area (Å²) in [5.74, 6) is 0.430. The van der Waals surface area contributed by atoms with E-state index in [4.69, 9.17) is 0 Å². The number of nitrogens with zero attached hydrogens (tertiary/aromatic N) is 1. The maximum atomic E-state index is 10.9. The summed E-state index contributed by atoms with van der Waals surface area (Å²) in [5, 5.41) is 15.6. The first-order valence-corrected chi connectivity index (χ1v) is 8.46. The normalized spacial score (nSPS) is 26.2. The average molecular weight is 305 g/mol. The third-order valence-electron chi connectivity index (χ3n) is 4.26. The second-order valence-electron chi connectivity index (χ2n) is 6.27. The van der Waals surface area contributed by atoms with Crippen LogP contribution in [0.25, 0.3) is 0 Å². The van der Waals surface area contributed by atoms with E-state index in [1.165, 1.54) is 0 Å². The molecule has 1 fully saturated rings. The number of hydrogen-bond acceptors (Lipinski definition) is 4. The van der Waals surface area contributed by atoms with Crippen molar-refractivity contribution in [3.63, 3.8) is 0 Å². The van der Waals surface area contributed by atoms with Crippen LogP contribution in [0.4, 0.5) is 5.69 Å². The summed E-state index contributed by atoms with van der Waals surface area (Å²) in [5.41, 5.74) is 0.450. The predicted octanol–water partition coefficient (Wildman–Crippen LogP) is 3.84. The molecule has 0 aliphatic heterocycles. The third-order valence-corrected chi connectivity index (χ3v) is 5.75. The summed E-state index contributed by atoms with van der Waals surface area (Å²) in [6.07, 6.45) is 9.34. The molecule has 5 heteroatoms. The molecule has 0 saturated heterocycles. The Morgan fingerprint density at radius 3 is 2.76 bits per heavy atom. The van der Waals surface area contributed by atoms with Gasteiger partial charge in [-0.2, -0.15) is 0 Å². The Kier molecular flexibility index (Phi) is 4.04. The molecule has 114 valence electrons. The summed E-state index contributed by atoms with van der Waals surface area (Å²) < 4.78 is 0. The van der Waals surface area contributed by atoms with E-state index in [0.717, 1.165) is 41.3 Å². The third kappa shape index (κ3) is 3.14. The van der Waals surface area contributed by atoms with Crippen molar-refractivity contribution >= 4 is 17.0 Å². The standard InChI is InChI=1S/C16H23N3OS/c1-11(2)15-18-10-14(21-15)16(20)6-3-12(4-7-16)19-13-5-8-17-9-13/h5,8-12,17,19-20H,3-4,6-7H2,1-2H3. The number of aromatic amines is 1. The Morgan fingerprint density at radius 1 is 1.43 bits per heavy atom. The molecule has 3 N–H and O–H groups in total. The van der Waals surface area contributed by atoms with Gasteiger partial charge in [-0.25, -0.2) is 4.98 Å². The predicted molar refractivity (Wildman–Crippen MR) is 86.8 cm³/mol. The van der Waals surface area contributed by atoms with Crippen molar-refractivity contribution in [3.05, 3.63) is 34.5 Å². The Labute approximate surface area is 129 Å². The summed E-state index contributed by atoms with van der Waals surface area (Å²) in [6, 6.07) is 2.48. The van der Waals surface area contributed by atoms with Crippen LogP contribution in [0.2, 0.25) is 0 Å². The van der Waals surface area contributed by atoms with Crippen LogP contribution in [-0.2, 0) is 5.60 Å². The number of hydrogen-bond donors (Lipinski definition) is 3. The molecule has 2 heterocycles. The highest BCUT2D eigenvalue weighted by atomic mass is 32.1. The maximum absolute atomic E-state index is 10.9. The largest absolute Gasteiger partial charge is 0.384 e. The van der Waals surface area contributed by atoms with Crippen molar-refractivity contribution in [2.75, 3.05) is 5.32 Å². The lowest BCUT2D eigenvalue weighted by atomic mass is 9.81. The number of nitrogens with one attached hydrogen (secondary N) is 2. The fraction of sp³-hybridized carbons (Fsp3) is 0.562. The molecule has 2 aromatic heterocycles. The highest BCUT2D eigenvalue weighted by Crippen LogP contribution is 2.41. The minimum Gasteiger partial charge on any atom is -0.384 e. The van der Waals surface area contributed by atoms with Crippen molar-refractivity contribution in [1.82, 2.24) is 9.97 Å². The van der Waals surface area contributed by atoms with E-state index in [0.29, 0.717) is 12.0 Å². The van der Waals surface area contributed by atoms with Crippen LogP contribution < -0.4 is 5.32 Å². The lowest BCUT2D eigenvalue weighted by Gasteiger charge is -2.35. The summed E-state index contributed by atoms with van der Waals surface area (Å²) >= 11 is 1.67. The lowest BCUT2D eigenvalue weighted by Crippen LogP contribution is -2.35. The van der Waals surface area contributed by atoms with Crippen LogP contribution >= 0.6 is 11.3 Å². The molecule has 3 rings (SSSR count). The Bertz CT molecular complexity index is 568. The number of rotatable bonds is 4. The van der Waals surface area contributed by atoms with E-state index in [1.54, 1.807) is 11.3 Å². The van der Waals surface area contributed by atoms with E-state index < -0.39 is 5.60 Å². The quantitative estimate of drug-likeness (QED) is 0.804. The van der Waals surface area contributed by atoms with E-state index in [9.17, 15) is 5.11 Å². The zero-order chi connectivity index (χ0) is 14.9. The lowest BCUT2D eigenvalue weighted by molar-refractivity contribution is -0.0000763. The molecular weight excluding hydrogens is 282 g/mol. The zero-order valence-electron chi connectivity index (χ0n) is 12.6. The first-order valence-electron chi connectivity index (χ1n) is 7.65. The first-order chi connectivity index (χ1) is 10.1. The number of H-pyrrole nitrogens is 1. The summed E-state index contributed by atoms with van der Waals surface area (Å²) in [4.78, 5) is 8.54. The van der Waals surface area contributed by atoms with E-state index in [1.807, 2.05) is 24.7 Å². The highest BCUT2D eigenvalue weighted by molar-refractivity contribution is 7.11. The second-order valence-corrected chi connectivity index (χ2v) is 7.33. The van der Waals surface area contributed by atoms with Gasteiger partial charge < -0.3 is 15.4 Å². The van der Waals surface area contributed by atoms with Crippen molar-refractivity contribution in [2.45, 2.75) is 57.1 Å². The van der Waals surface area contributed by atoms with Gasteiger partial charge in [0.2, 0.25) is 0 Å². The van der Waals surface area contributed by atoms with E-state index in [2.05, 4.69) is 29.1 Å². The molecule has 21 heavy (non-hydrogen) atoms. The first kappa shape index (κ1) is 14.6. The van der Waals surface area contributed by atoms with Gasteiger partial charge >= 0.3 is 0 Å². The van der Waals surface area contributed by atoms with E-state index in [-0.39, 0.29) is 0 Å². The number of aliphatic hydroxyl groups is 1. The Hall–Kier alpha value is -1.33. The van der Waals surface area contributed by atoms with Crippen LogP contribution in [0, 0.1) is 0 Å². The fourth-order valence-corrected chi connectivity index (χ4v) is 3.97. The van der Waals surface area contributed by atoms with Crippen molar-refractivity contribution in [2.24, 2.45) is 0 Å². The number of aromatic nitrogens is 2. The molecule has 0 spiro atoms. The van der Waals surface area contributed by atoms with Crippen LogP contribution in [0.1, 0.15) is 55.3 Å². The van der Waals surface area contributed by atoms with Gasteiger partial charge in [0.25, 0.3) is 0 Å².